The summed E-state index contributed by atoms with van der Waals surface area (Å²) in [7, 11) is 3.05. The van der Waals surface area contributed by atoms with Gasteiger partial charge in [0.25, 0.3) is 0 Å². The van der Waals surface area contributed by atoms with Crippen LogP contribution in [-0.4, -0.2) is 25.1 Å². The Morgan fingerprint density at radius 1 is 1.14 bits per heavy atom. The third-order valence-electron chi connectivity index (χ3n) is 3.08. The Labute approximate surface area is 127 Å². The summed E-state index contributed by atoms with van der Waals surface area (Å²) in [5.41, 5.74) is 0.566. The molecule has 0 aliphatic heterocycles. The zero-order valence-corrected chi connectivity index (χ0v) is 12.2. The molecule has 0 aliphatic carbocycles. The topological polar surface area (TPSA) is 55.8 Å². The van der Waals surface area contributed by atoms with Gasteiger partial charge < -0.3 is 14.6 Å². The first-order valence-corrected chi connectivity index (χ1v) is 6.48. The number of allylic oxidation sites excluding steroid dienone is 1. The molecule has 0 radical (unpaired) electrons. The van der Waals surface area contributed by atoms with Gasteiger partial charge >= 0.3 is 0 Å². The largest absolute Gasteiger partial charge is 0.507 e. The van der Waals surface area contributed by atoms with Crippen molar-refractivity contribution in [1.29, 1.82) is 0 Å². The Balaban J connectivity index is 2.28. The summed E-state index contributed by atoms with van der Waals surface area (Å²) in [5, 5.41) is 9.61. The molecular formula is C17H15FO4. The molecule has 22 heavy (non-hydrogen) atoms. The summed E-state index contributed by atoms with van der Waals surface area (Å²) < 4.78 is 23.5. The maximum absolute atomic E-state index is 13.2. The van der Waals surface area contributed by atoms with Crippen LogP contribution in [0.4, 0.5) is 4.39 Å². The van der Waals surface area contributed by atoms with E-state index in [4.69, 9.17) is 9.47 Å². The lowest BCUT2D eigenvalue weighted by Gasteiger charge is -2.07. The summed E-state index contributed by atoms with van der Waals surface area (Å²) >= 11 is 0. The average molecular weight is 302 g/mol. The van der Waals surface area contributed by atoms with Gasteiger partial charge in [-0.1, -0.05) is 0 Å². The molecule has 0 amide bonds. The van der Waals surface area contributed by atoms with Crippen molar-refractivity contribution in [3.8, 4) is 17.2 Å². The van der Waals surface area contributed by atoms with E-state index >= 15 is 0 Å². The van der Waals surface area contributed by atoms with Crippen LogP contribution in [0.3, 0.4) is 0 Å². The summed E-state index contributed by atoms with van der Waals surface area (Å²) in [6.07, 6.45) is 2.78. The quantitative estimate of drug-likeness (QED) is 0.679. The van der Waals surface area contributed by atoms with Crippen LogP contribution < -0.4 is 9.47 Å². The number of aromatic hydroxyl groups is 1. The molecule has 2 aromatic carbocycles. The van der Waals surface area contributed by atoms with Crippen molar-refractivity contribution in [2.75, 3.05) is 14.2 Å². The van der Waals surface area contributed by atoms with Crippen molar-refractivity contribution >= 4 is 11.9 Å². The number of phenols is 1. The molecule has 0 atom stereocenters. The van der Waals surface area contributed by atoms with Gasteiger partial charge in [0.15, 0.2) is 5.78 Å². The Kier molecular flexibility index (Phi) is 4.78. The molecule has 0 saturated carbocycles. The van der Waals surface area contributed by atoms with Crippen LogP contribution in [0.25, 0.3) is 6.08 Å². The second-order valence-electron chi connectivity index (χ2n) is 4.47. The van der Waals surface area contributed by atoms with Crippen molar-refractivity contribution in [2.45, 2.75) is 0 Å². The molecule has 0 saturated heterocycles. The number of ether oxygens (including phenoxy) is 2. The normalized spacial score (nSPS) is 10.7. The molecular weight excluding hydrogens is 287 g/mol. The monoisotopic (exact) mass is 302 g/mol. The van der Waals surface area contributed by atoms with Gasteiger partial charge in [-0.05, 0) is 42.5 Å². The number of ketones is 1. The van der Waals surface area contributed by atoms with Gasteiger partial charge in [0.1, 0.15) is 23.1 Å². The average Bonchev–Trinajstić information content (AvgIpc) is 2.54. The second kappa shape index (κ2) is 6.76. The van der Waals surface area contributed by atoms with Crippen molar-refractivity contribution < 1.29 is 23.8 Å². The van der Waals surface area contributed by atoms with Gasteiger partial charge in [-0.15, -0.1) is 0 Å². The molecule has 0 unspecified atom stereocenters. The first-order valence-electron chi connectivity index (χ1n) is 6.48. The van der Waals surface area contributed by atoms with E-state index in [-0.39, 0.29) is 11.3 Å². The van der Waals surface area contributed by atoms with Crippen LogP contribution in [0.5, 0.6) is 17.2 Å². The maximum atomic E-state index is 13.2. The second-order valence-corrected chi connectivity index (χ2v) is 4.47. The fourth-order valence-electron chi connectivity index (χ4n) is 1.92. The molecule has 0 aromatic heterocycles. The number of methoxy groups -OCH3 is 2. The molecule has 0 bridgehead atoms. The van der Waals surface area contributed by atoms with Crippen molar-refractivity contribution in [1.82, 2.24) is 0 Å². The molecule has 0 aliphatic rings. The number of carbonyl (C=O) groups is 1. The van der Waals surface area contributed by atoms with E-state index in [0.29, 0.717) is 17.1 Å². The first kappa shape index (κ1) is 15.6. The van der Waals surface area contributed by atoms with Crippen LogP contribution in [0.2, 0.25) is 0 Å². The van der Waals surface area contributed by atoms with Crippen LogP contribution in [0, 0.1) is 5.82 Å². The minimum Gasteiger partial charge on any atom is -0.507 e. The number of hydrogen-bond donors (Lipinski definition) is 1. The SMILES string of the molecule is COc1ccc(/C=C/C(=O)c2cc(F)ccc2O)c(OC)c1. The Hall–Kier alpha value is -2.82. The van der Waals surface area contributed by atoms with Gasteiger partial charge in [-0.3, -0.25) is 4.79 Å². The molecule has 114 valence electrons. The van der Waals surface area contributed by atoms with E-state index < -0.39 is 11.6 Å². The fraction of sp³-hybridized carbons (Fsp3) is 0.118. The number of rotatable bonds is 5. The Bertz CT molecular complexity index is 723. The highest BCUT2D eigenvalue weighted by molar-refractivity contribution is 6.08. The van der Waals surface area contributed by atoms with Crippen LogP contribution in [0.1, 0.15) is 15.9 Å². The highest BCUT2D eigenvalue weighted by atomic mass is 19.1. The number of hydrogen-bond acceptors (Lipinski definition) is 4. The minimum absolute atomic E-state index is 0.0938. The van der Waals surface area contributed by atoms with E-state index in [1.807, 2.05) is 0 Å². The highest BCUT2D eigenvalue weighted by Gasteiger charge is 2.10. The van der Waals surface area contributed by atoms with Crippen LogP contribution >= 0.6 is 0 Å². The lowest BCUT2D eigenvalue weighted by atomic mass is 10.1. The van der Waals surface area contributed by atoms with E-state index in [9.17, 15) is 14.3 Å². The first-order chi connectivity index (χ1) is 10.5. The number of benzene rings is 2. The van der Waals surface area contributed by atoms with Gasteiger partial charge in [0, 0.05) is 11.6 Å². The molecule has 4 nitrogen and oxygen atoms in total. The zero-order chi connectivity index (χ0) is 16.1. The number of carbonyl (C=O) groups excluding carboxylic acids is 1. The summed E-state index contributed by atoms with van der Waals surface area (Å²) in [4.78, 5) is 12.0. The number of phenolic OH excluding ortho intramolecular Hbond substituents is 1. The maximum Gasteiger partial charge on any atom is 0.189 e. The Morgan fingerprint density at radius 3 is 2.59 bits per heavy atom. The number of halogens is 1. The summed E-state index contributed by atoms with van der Waals surface area (Å²) in [6, 6.07) is 8.36. The predicted molar refractivity (Wildman–Crippen MR) is 81.0 cm³/mol. The van der Waals surface area contributed by atoms with Crippen molar-refractivity contribution in [3.63, 3.8) is 0 Å². The minimum atomic E-state index is -0.587. The molecule has 0 fully saturated rings. The molecule has 0 spiro atoms. The zero-order valence-electron chi connectivity index (χ0n) is 12.2. The van der Waals surface area contributed by atoms with Gasteiger partial charge in [-0.2, -0.15) is 0 Å². The lowest BCUT2D eigenvalue weighted by Crippen LogP contribution is -1.96. The molecule has 0 heterocycles. The highest BCUT2D eigenvalue weighted by Crippen LogP contribution is 2.26. The van der Waals surface area contributed by atoms with Crippen molar-refractivity contribution in [2.24, 2.45) is 0 Å². The molecule has 2 aromatic rings. The van der Waals surface area contributed by atoms with E-state index in [0.717, 1.165) is 18.2 Å². The van der Waals surface area contributed by atoms with Crippen LogP contribution in [-0.2, 0) is 0 Å². The van der Waals surface area contributed by atoms with E-state index in [1.54, 1.807) is 25.3 Å². The molecule has 2 rings (SSSR count). The standard InChI is InChI=1S/C17H15FO4/c1-21-13-6-3-11(17(10-13)22-2)4-7-15(19)14-9-12(18)5-8-16(14)20/h3-10,20H,1-2H3/b7-4+. The third kappa shape index (κ3) is 3.44. The van der Waals surface area contributed by atoms with Crippen molar-refractivity contribution in [3.05, 3.63) is 59.4 Å². The third-order valence-corrected chi connectivity index (χ3v) is 3.08. The predicted octanol–water partition coefficient (Wildman–Crippen LogP) is 3.44. The Morgan fingerprint density at radius 2 is 1.91 bits per heavy atom. The van der Waals surface area contributed by atoms with Gasteiger partial charge in [-0.25, -0.2) is 4.39 Å². The fourth-order valence-corrected chi connectivity index (χ4v) is 1.92. The van der Waals surface area contributed by atoms with Gasteiger partial charge in [0.05, 0.1) is 19.8 Å². The lowest BCUT2D eigenvalue weighted by molar-refractivity contribution is 0.104. The molecule has 1 N–H and O–H groups in total. The van der Waals surface area contributed by atoms with Gasteiger partial charge in [0.2, 0.25) is 0 Å². The van der Waals surface area contributed by atoms with Crippen LogP contribution in [0.15, 0.2) is 42.5 Å². The van der Waals surface area contributed by atoms with E-state index in [2.05, 4.69) is 0 Å². The molecule has 5 heteroatoms. The van der Waals surface area contributed by atoms with E-state index in [1.165, 1.54) is 19.3 Å². The smallest absolute Gasteiger partial charge is 0.189 e. The summed E-state index contributed by atoms with van der Waals surface area (Å²) in [6.45, 7) is 0. The summed E-state index contributed by atoms with van der Waals surface area (Å²) in [5.74, 6) is -0.195.